The van der Waals surface area contributed by atoms with Crippen molar-refractivity contribution in [2.45, 2.75) is 57.8 Å². The molecule has 0 fully saturated rings. The van der Waals surface area contributed by atoms with Crippen LogP contribution in [0.15, 0.2) is 0 Å². The third-order valence-corrected chi connectivity index (χ3v) is 2.50. The number of hydrogen-bond donors (Lipinski definition) is 1. The zero-order valence-corrected chi connectivity index (χ0v) is 10.4. The highest BCUT2D eigenvalue weighted by Gasteiger charge is 1.96. The molecular formula is C11H21ClO4. The summed E-state index contributed by atoms with van der Waals surface area (Å²) in [5.41, 5.74) is 0. The van der Waals surface area contributed by atoms with Crippen LogP contribution in [0.5, 0.6) is 0 Å². The van der Waals surface area contributed by atoms with Crippen LogP contribution >= 0.6 is 11.9 Å². The van der Waals surface area contributed by atoms with Crippen molar-refractivity contribution < 1.29 is 19.2 Å². The van der Waals surface area contributed by atoms with Gasteiger partial charge < -0.3 is 5.11 Å². The Morgan fingerprint density at radius 3 is 1.94 bits per heavy atom. The molecule has 0 aliphatic carbocycles. The topological polar surface area (TPSA) is 55.8 Å². The summed E-state index contributed by atoms with van der Waals surface area (Å²) in [6.45, 7) is 0.544. The minimum Gasteiger partial charge on any atom is -0.481 e. The second kappa shape index (κ2) is 12.7. The molecule has 0 atom stereocenters. The van der Waals surface area contributed by atoms with Gasteiger partial charge in [-0.3, -0.25) is 4.79 Å². The zero-order valence-electron chi connectivity index (χ0n) is 9.62. The van der Waals surface area contributed by atoms with Gasteiger partial charge in [-0.25, -0.2) is 4.89 Å². The lowest BCUT2D eigenvalue weighted by atomic mass is 10.1. The number of unbranched alkanes of at least 4 members (excludes halogenated alkanes) is 7. The van der Waals surface area contributed by atoms with Crippen molar-refractivity contribution in [1.82, 2.24) is 0 Å². The number of halogens is 1. The van der Waals surface area contributed by atoms with Crippen molar-refractivity contribution in [3.05, 3.63) is 0 Å². The van der Waals surface area contributed by atoms with E-state index in [9.17, 15) is 4.79 Å². The van der Waals surface area contributed by atoms with Crippen molar-refractivity contribution in [1.29, 1.82) is 0 Å². The van der Waals surface area contributed by atoms with Crippen molar-refractivity contribution in [2.75, 3.05) is 6.61 Å². The van der Waals surface area contributed by atoms with Gasteiger partial charge in [0.25, 0.3) is 0 Å². The molecule has 0 rings (SSSR count). The molecule has 4 nitrogen and oxygen atoms in total. The van der Waals surface area contributed by atoms with Crippen molar-refractivity contribution in [3.63, 3.8) is 0 Å². The number of carboxylic acid groups (broad SMARTS) is 1. The highest BCUT2D eigenvalue weighted by molar-refractivity contribution is 6.06. The molecule has 0 amide bonds. The standard InChI is InChI=1S/C11H21ClO4/c12-16-15-10-8-6-4-2-1-3-5-7-9-11(13)14/h1-10H2,(H,13,14). The van der Waals surface area contributed by atoms with Gasteiger partial charge in [0.15, 0.2) is 0 Å². The largest absolute Gasteiger partial charge is 0.481 e. The van der Waals surface area contributed by atoms with E-state index >= 15 is 0 Å². The smallest absolute Gasteiger partial charge is 0.303 e. The van der Waals surface area contributed by atoms with Crippen molar-refractivity contribution >= 4 is 17.8 Å². The number of aliphatic carboxylic acids is 1. The highest BCUT2D eigenvalue weighted by atomic mass is 35.5. The predicted octanol–water partition coefficient (Wildman–Crippen LogP) is 3.68. The van der Waals surface area contributed by atoms with Gasteiger partial charge in [0, 0.05) is 6.42 Å². The van der Waals surface area contributed by atoms with Crippen LogP contribution in [0.4, 0.5) is 0 Å². The Morgan fingerprint density at radius 2 is 1.44 bits per heavy atom. The van der Waals surface area contributed by atoms with Crippen molar-refractivity contribution in [3.8, 4) is 0 Å². The normalized spacial score (nSPS) is 10.6. The summed E-state index contributed by atoms with van der Waals surface area (Å²) in [6.07, 6.45) is 8.92. The first-order valence-electron chi connectivity index (χ1n) is 5.89. The van der Waals surface area contributed by atoms with Crippen LogP contribution in [0.25, 0.3) is 0 Å². The lowest BCUT2D eigenvalue weighted by Gasteiger charge is -2.01. The second-order valence-electron chi connectivity index (χ2n) is 3.86. The van der Waals surface area contributed by atoms with Crippen LogP contribution in [-0.4, -0.2) is 17.7 Å². The molecule has 0 saturated heterocycles. The van der Waals surface area contributed by atoms with E-state index in [2.05, 4.69) is 9.33 Å². The first kappa shape index (κ1) is 15.7. The zero-order chi connectivity index (χ0) is 12.1. The molecule has 16 heavy (non-hydrogen) atoms. The average Bonchev–Trinajstić information content (AvgIpc) is 2.25. The van der Waals surface area contributed by atoms with E-state index in [4.69, 9.17) is 17.0 Å². The molecule has 0 heterocycles. The second-order valence-corrected chi connectivity index (χ2v) is 3.98. The Hall–Kier alpha value is -0.320. The van der Waals surface area contributed by atoms with Crippen LogP contribution in [0.3, 0.4) is 0 Å². The summed E-state index contributed by atoms with van der Waals surface area (Å²) in [7, 11) is 0. The molecule has 0 aromatic rings. The van der Waals surface area contributed by atoms with Gasteiger partial charge in [0.2, 0.25) is 0 Å². The molecular weight excluding hydrogens is 232 g/mol. The number of carboxylic acids is 1. The van der Waals surface area contributed by atoms with Crippen LogP contribution in [0, 0.1) is 0 Å². The maximum atomic E-state index is 10.2. The average molecular weight is 253 g/mol. The number of carbonyl (C=O) groups is 1. The SMILES string of the molecule is O=C(O)CCCCCCCCCCOOCl. The summed E-state index contributed by atoms with van der Waals surface area (Å²) >= 11 is 4.87. The summed E-state index contributed by atoms with van der Waals surface area (Å²) in [4.78, 5) is 14.8. The quantitative estimate of drug-likeness (QED) is 0.327. The first-order chi connectivity index (χ1) is 7.77. The third kappa shape index (κ3) is 13.7. The maximum Gasteiger partial charge on any atom is 0.303 e. The third-order valence-electron chi connectivity index (χ3n) is 2.41. The fourth-order valence-corrected chi connectivity index (χ4v) is 1.59. The Kier molecular flexibility index (Phi) is 12.5. The summed E-state index contributed by atoms with van der Waals surface area (Å²) < 4.78 is 3.96. The Labute approximate surface area is 102 Å². The number of rotatable bonds is 12. The van der Waals surface area contributed by atoms with E-state index in [0.717, 1.165) is 32.1 Å². The van der Waals surface area contributed by atoms with Crippen LogP contribution in [-0.2, 0) is 14.1 Å². The van der Waals surface area contributed by atoms with Gasteiger partial charge in [-0.05, 0) is 12.8 Å². The molecule has 0 aromatic carbocycles. The molecule has 0 aliphatic rings. The Morgan fingerprint density at radius 1 is 0.938 bits per heavy atom. The molecule has 0 aliphatic heterocycles. The van der Waals surface area contributed by atoms with Gasteiger partial charge in [0.05, 0.1) is 18.5 Å². The van der Waals surface area contributed by atoms with E-state index in [1.807, 2.05) is 0 Å². The van der Waals surface area contributed by atoms with Gasteiger partial charge in [-0.1, -0.05) is 38.5 Å². The predicted molar refractivity (Wildman–Crippen MR) is 62.1 cm³/mol. The summed E-state index contributed by atoms with van der Waals surface area (Å²) in [5, 5.41) is 8.43. The van der Waals surface area contributed by atoms with Gasteiger partial charge in [-0.2, -0.15) is 0 Å². The van der Waals surface area contributed by atoms with E-state index in [0.29, 0.717) is 13.0 Å². The monoisotopic (exact) mass is 252 g/mol. The molecule has 0 radical (unpaired) electrons. The van der Waals surface area contributed by atoms with Gasteiger partial charge in [-0.15, -0.1) is 4.44 Å². The molecule has 96 valence electrons. The summed E-state index contributed by atoms with van der Waals surface area (Å²) in [5.74, 6) is -0.693. The van der Waals surface area contributed by atoms with E-state index in [1.165, 1.54) is 19.3 Å². The molecule has 0 bridgehead atoms. The molecule has 0 unspecified atom stereocenters. The molecule has 0 aromatic heterocycles. The molecule has 5 heteroatoms. The maximum absolute atomic E-state index is 10.2. The van der Waals surface area contributed by atoms with Crippen molar-refractivity contribution in [2.24, 2.45) is 0 Å². The van der Waals surface area contributed by atoms with E-state index < -0.39 is 5.97 Å². The van der Waals surface area contributed by atoms with Crippen LogP contribution < -0.4 is 0 Å². The van der Waals surface area contributed by atoms with Crippen LogP contribution in [0.1, 0.15) is 57.8 Å². The van der Waals surface area contributed by atoms with Gasteiger partial charge in [0.1, 0.15) is 0 Å². The fourth-order valence-electron chi connectivity index (χ4n) is 1.53. The molecule has 0 saturated carbocycles. The fraction of sp³-hybridized carbons (Fsp3) is 0.909. The minimum atomic E-state index is -0.693. The van der Waals surface area contributed by atoms with E-state index in [-0.39, 0.29) is 0 Å². The number of hydrogen-bond acceptors (Lipinski definition) is 3. The Balaban J connectivity index is 2.90. The lowest BCUT2D eigenvalue weighted by molar-refractivity contribution is -0.203. The minimum absolute atomic E-state index is 0.301. The van der Waals surface area contributed by atoms with E-state index in [1.54, 1.807) is 0 Å². The summed E-state index contributed by atoms with van der Waals surface area (Å²) in [6, 6.07) is 0. The highest BCUT2D eigenvalue weighted by Crippen LogP contribution is 2.09. The van der Waals surface area contributed by atoms with Crippen LogP contribution in [0.2, 0.25) is 0 Å². The lowest BCUT2D eigenvalue weighted by Crippen LogP contribution is -1.93. The first-order valence-corrected chi connectivity index (χ1v) is 6.20. The Bertz CT molecular complexity index is 164. The molecule has 0 spiro atoms. The van der Waals surface area contributed by atoms with Gasteiger partial charge >= 0.3 is 5.97 Å². The molecule has 1 N–H and O–H groups in total.